The van der Waals surface area contributed by atoms with Gasteiger partial charge in [-0.25, -0.2) is 0 Å². The largest absolute Gasteiger partial charge is 0.466 e. The molecule has 2 atom stereocenters. The van der Waals surface area contributed by atoms with Crippen molar-refractivity contribution in [3.05, 3.63) is 24.3 Å². The molecule has 0 aliphatic rings. The summed E-state index contributed by atoms with van der Waals surface area (Å²) in [5, 5.41) is 23.2. The molecule has 360 valence electrons. The molecule has 0 radical (unpaired) electrons. The van der Waals surface area contributed by atoms with Crippen LogP contribution in [-0.2, 0) is 14.3 Å². The number of allylic oxidation sites excluding steroid dienone is 4. The molecule has 0 aliphatic carbocycles. The van der Waals surface area contributed by atoms with Crippen LogP contribution in [0.15, 0.2) is 24.3 Å². The Labute approximate surface area is 380 Å². The highest BCUT2D eigenvalue weighted by Crippen LogP contribution is 2.16. The van der Waals surface area contributed by atoms with E-state index in [1.807, 2.05) is 0 Å². The van der Waals surface area contributed by atoms with Gasteiger partial charge in [-0.2, -0.15) is 0 Å². The second-order valence-corrected chi connectivity index (χ2v) is 18.6. The van der Waals surface area contributed by atoms with Gasteiger partial charge in [0.1, 0.15) is 0 Å². The Kier molecular flexibility index (Phi) is 49.6. The number of ether oxygens (including phenoxy) is 1. The van der Waals surface area contributed by atoms with Crippen LogP contribution in [0.4, 0.5) is 0 Å². The summed E-state index contributed by atoms with van der Waals surface area (Å²) in [6, 6.07) is -0.549. The van der Waals surface area contributed by atoms with Crippen LogP contribution in [0, 0.1) is 0 Å². The molecule has 6 nitrogen and oxygen atoms in total. The summed E-state index contributed by atoms with van der Waals surface area (Å²) in [6.07, 6.45) is 60.1. The summed E-state index contributed by atoms with van der Waals surface area (Å²) < 4.78 is 5.46. The molecule has 0 heterocycles. The van der Waals surface area contributed by atoms with Gasteiger partial charge in [0.05, 0.1) is 25.4 Å². The van der Waals surface area contributed by atoms with Crippen LogP contribution in [0.25, 0.3) is 0 Å². The molecule has 0 aromatic heterocycles. The van der Waals surface area contributed by atoms with E-state index in [4.69, 9.17) is 4.74 Å². The molecule has 0 spiro atoms. The minimum Gasteiger partial charge on any atom is -0.466 e. The van der Waals surface area contributed by atoms with Crippen molar-refractivity contribution in [3.63, 3.8) is 0 Å². The Balaban J connectivity index is 3.46. The summed E-state index contributed by atoms with van der Waals surface area (Å²) in [5.74, 6) is -0.0577. The lowest BCUT2D eigenvalue weighted by atomic mass is 10.0. The number of hydrogen-bond acceptors (Lipinski definition) is 5. The topological polar surface area (TPSA) is 95.9 Å². The fourth-order valence-corrected chi connectivity index (χ4v) is 8.28. The molecule has 0 aliphatic heterocycles. The number of aliphatic hydroxyl groups excluding tert-OH is 2. The molecular weight excluding hydrogens is 755 g/mol. The van der Waals surface area contributed by atoms with Gasteiger partial charge in [-0.1, -0.05) is 224 Å². The van der Waals surface area contributed by atoms with Crippen molar-refractivity contribution in [2.24, 2.45) is 0 Å². The zero-order valence-electron chi connectivity index (χ0n) is 40.9. The normalized spacial score (nSPS) is 12.8. The molecule has 6 heteroatoms. The quantitative estimate of drug-likeness (QED) is 0.0322. The first-order valence-electron chi connectivity index (χ1n) is 27.1. The highest BCUT2D eigenvalue weighted by Gasteiger charge is 2.20. The molecule has 0 fully saturated rings. The standard InChI is InChI=1S/C55H105NO5/c1-3-5-7-9-11-13-15-17-25-29-33-37-41-45-49-55(60)61-50-46-42-38-34-30-26-22-20-18-19-21-24-28-32-36-40-44-48-54(59)56-52(51-57)53(58)47-43-39-35-31-27-23-16-14-12-10-8-6-4-2/h15,17-18,20,52-53,57-58H,3-14,16,19,21-51H2,1-2H3,(H,56,59)/b17-15-,20-18-. The predicted molar refractivity (Wildman–Crippen MR) is 264 cm³/mol. The van der Waals surface area contributed by atoms with Gasteiger partial charge in [-0.05, 0) is 77.0 Å². The molecule has 3 N–H and O–H groups in total. The fraction of sp³-hybridized carbons (Fsp3) is 0.891. The van der Waals surface area contributed by atoms with Gasteiger partial charge in [0.25, 0.3) is 0 Å². The SMILES string of the molecule is CCCCCCC/C=C\CCCCCCCC(=O)OCCCCCCCC/C=C\CCCCCCCCCC(=O)NC(CO)C(O)CCCCCCCCCCCCCCC. The first kappa shape index (κ1) is 59.3. The molecule has 0 aromatic rings. The number of carbonyl (C=O) groups excluding carboxylic acids is 2. The van der Waals surface area contributed by atoms with Crippen LogP contribution in [0.3, 0.4) is 0 Å². The third kappa shape index (κ3) is 47.7. The zero-order valence-corrected chi connectivity index (χ0v) is 40.9. The second kappa shape index (κ2) is 51.0. The molecule has 1 amide bonds. The molecule has 2 unspecified atom stereocenters. The zero-order chi connectivity index (χ0) is 44.4. The van der Waals surface area contributed by atoms with Crippen molar-refractivity contribution in [2.75, 3.05) is 13.2 Å². The molecule has 0 saturated heterocycles. The number of carbonyl (C=O) groups is 2. The lowest BCUT2D eigenvalue weighted by Crippen LogP contribution is -2.45. The van der Waals surface area contributed by atoms with E-state index in [1.165, 1.54) is 199 Å². The Bertz CT molecular complexity index is 951. The van der Waals surface area contributed by atoms with Crippen molar-refractivity contribution >= 4 is 11.9 Å². The van der Waals surface area contributed by atoms with E-state index in [-0.39, 0.29) is 18.5 Å². The van der Waals surface area contributed by atoms with E-state index in [9.17, 15) is 19.8 Å². The molecular formula is C55H105NO5. The first-order valence-corrected chi connectivity index (χ1v) is 27.1. The molecule has 0 rings (SSSR count). The Morgan fingerprint density at radius 1 is 0.443 bits per heavy atom. The van der Waals surface area contributed by atoms with Crippen molar-refractivity contribution in [1.29, 1.82) is 0 Å². The average Bonchev–Trinajstić information content (AvgIpc) is 3.26. The monoisotopic (exact) mass is 860 g/mol. The van der Waals surface area contributed by atoms with E-state index < -0.39 is 12.1 Å². The van der Waals surface area contributed by atoms with Gasteiger partial charge in [0.15, 0.2) is 0 Å². The number of hydrogen-bond donors (Lipinski definition) is 3. The van der Waals surface area contributed by atoms with Gasteiger partial charge in [-0.15, -0.1) is 0 Å². The smallest absolute Gasteiger partial charge is 0.305 e. The molecule has 0 saturated carbocycles. The van der Waals surface area contributed by atoms with E-state index >= 15 is 0 Å². The number of rotatable bonds is 50. The second-order valence-electron chi connectivity index (χ2n) is 18.6. The van der Waals surface area contributed by atoms with E-state index in [2.05, 4.69) is 43.5 Å². The van der Waals surface area contributed by atoms with E-state index in [0.29, 0.717) is 25.9 Å². The summed E-state index contributed by atoms with van der Waals surface area (Å²) in [5.41, 5.74) is 0. The van der Waals surface area contributed by atoms with Gasteiger partial charge >= 0.3 is 5.97 Å². The van der Waals surface area contributed by atoms with Crippen molar-refractivity contribution < 1.29 is 24.5 Å². The maximum Gasteiger partial charge on any atom is 0.305 e. The maximum atomic E-state index is 12.4. The summed E-state index contributed by atoms with van der Waals surface area (Å²) in [4.78, 5) is 24.5. The van der Waals surface area contributed by atoms with Crippen LogP contribution < -0.4 is 5.32 Å². The Morgan fingerprint density at radius 3 is 1.16 bits per heavy atom. The predicted octanol–water partition coefficient (Wildman–Crippen LogP) is 16.3. The van der Waals surface area contributed by atoms with Crippen LogP contribution in [-0.4, -0.2) is 47.4 Å². The molecule has 0 bridgehead atoms. The average molecular weight is 860 g/mol. The minimum atomic E-state index is -0.671. The first-order chi connectivity index (χ1) is 30.0. The van der Waals surface area contributed by atoms with Crippen LogP contribution in [0.5, 0.6) is 0 Å². The number of esters is 1. The van der Waals surface area contributed by atoms with Crippen molar-refractivity contribution in [3.8, 4) is 0 Å². The van der Waals surface area contributed by atoms with Gasteiger partial charge < -0.3 is 20.3 Å². The third-order valence-corrected chi connectivity index (χ3v) is 12.5. The Morgan fingerprint density at radius 2 is 0.770 bits per heavy atom. The molecule has 61 heavy (non-hydrogen) atoms. The lowest BCUT2D eigenvalue weighted by molar-refractivity contribution is -0.143. The molecule has 0 aromatic carbocycles. The summed E-state index contributed by atoms with van der Waals surface area (Å²) in [7, 11) is 0. The van der Waals surface area contributed by atoms with E-state index in [0.717, 1.165) is 57.8 Å². The van der Waals surface area contributed by atoms with Crippen LogP contribution >= 0.6 is 0 Å². The maximum absolute atomic E-state index is 12.4. The van der Waals surface area contributed by atoms with Gasteiger partial charge in [-0.3, -0.25) is 9.59 Å². The Hall–Kier alpha value is -1.66. The summed E-state index contributed by atoms with van der Waals surface area (Å²) in [6.45, 7) is 4.92. The van der Waals surface area contributed by atoms with Crippen molar-refractivity contribution in [2.45, 2.75) is 302 Å². The number of aliphatic hydroxyl groups is 2. The highest BCUT2D eigenvalue weighted by atomic mass is 16.5. The van der Waals surface area contributed by atoms with E-state index in [1.54, 1.807) is 0 Å². The van der Waals surface area contributed by atoms with Gasteiger partial charge in [0.2, 0.25) is 5.91 Å². The van der Waals surface area contributed by atoms with Crippen LogP contribution in [0.1, 0.15) is 290 Å². The van der Waals surface area contributed by atoms with Gasteiger partial charge in [0, 0.05) is 12.8 Å². The fourth-order valence-electron chi connectivity index (χ4n) is 8.28. The highest BCUT2D eigenvalue weighted by molar-refractivity contribution is 5.76. The minimum absolute atomic E-state index is 0.0105. The lowest BCUT2D eigenvalue weighted by Gasteiger charge is -2.22. The number of nitrogens with one attached hydrogen (secondary N) is 1. The van der Waals surface area contributed by atoms with Crippen molar-refractivity contribution in [1.82, 2.24) is 5.32 Å². The third-order valence-electron chi connectivity index (χ3n) is 12.5. The number of amides is 1. The van der Waals surface area contributed by atoms with Crippen LogP contribution in [0.2, 0.25) is 0 Å². The summed E-state index contributed by atoms with van der Waals surface area (Å²) >= 11 is 0. The number of unbranched alkanes of at least 4 members (excludes halogenated alkanes) is 35.